The second-order valence-electron chi connectivity index (χ2n) is 2.44. The molecule has 0 atom stereocenters. The summed E-state index contributed by atoms with van der Waals surface area (Å²) in [6.45, 7) is 0. The summed E-state index contributed by atoms with van der Waals surface area (Å²) in [5, 5.41) is 8.37. The van der Waals surface area contributed by atoms with Gasteiger partial charge in [-0.25, -0.2) is 4.79 Å². The summed E-state index contributed by atoms with van der Waals surface area (Å²) < 4.78 is 0. The van der Waals surface area contributed by atoms with Gasteiger partial charge in [-0.2, -0.15) is 0 Å². The Morgan fingerprint density at radius 1 is 1.54 bits per heavy atom. The van der Waals surface area contributed by atoms with E-state index in [1.54, 1.807) is 24.3 Å². The highest BCUT2D eigenvalue weighted by atomic mass is 16.4. The van der Waals surface area contributed by atoms with Crippen LogP contribution in [0.4, 0.5) is 0 Å². The molecule has 0 heterocycles. The molecule has 0 aliphatic heterocycles. The van der Waals surface area contributed by atoms with Gasteiger partial charge >= 0.3 is 5.97 Å². The van der Waals surface area contributed by atoms with Crippen LogP contribution in [0.15, 0.2) is 30.3 Å². The van der Waals surface area contributed by atoms with Crippen molar-refractivity contribution in [1.82, 2.24) is 0 Å². The molecule has 1 N–H and O–H groups in total. The number of benzene rings is 1. The van der Waals surface area contributed by atoms with Crippen LogP contribution in [-0.2, 0) is 4.79 Å². The Hall–Kier alpha value is -2.01. The topological polar surface area (TPSA) is 37.3 Å². The summed E-state index contributed by atoms with van der Waals surface area (Å²) in [5.74, 6) is 1.51. The van der Waals surface area contributed by atoms with Gasteiger partial charge in [-0.3, -0.25) is 0 Å². The van der Waals surface area contributed by atoms with Gasteiger partial charge in [0.15, 0.2) is 0 Å². The lowest BCUT2D eigenvalue weighted by atomic mass is 10.1. The molecule has 0 aliphatic rings. The molecule has 0 amide bonds. The third-order valence-electron chi connectivity index (χ3n) is 1.47. The van der Waals surface area contributed by atoms with Gasteiger partial charge in [0, 0.05) is 11.6 Å². The average molecular weight is 172 g/mol. The smallest absolute Gasteiger partial charge is 0.328 e. The Kier molecular flexibility index (Phi) is 2.88. The monoisotopic (exact) mass is 172 g/mol. The number of aliphatic carboxylic acids is 1. The van der Waals surface area contributed by atoms with E-state index in [0.717, 1.165) is 17.2 Å². The maximum absolute atomic E-state index is 10.2. The van der Waals surface area contributed by atoms with Crippen molar-refractivity contribution in [2.45, 2.75) is 0 Å². The Morgan fingerprint density at radius 2 is 2.31 bits per heavy atom. The van der Waals surface area contributed by atoms with Crippen molar-refractivity contribution in [3.05, 3.63) is 41.5 Å². The molecular weight excluding hydrogens is 164 g/mol. The largest absolute Gasteiger partial charge is 0.478 e. The second-order valence-corrected chi connectivity index (χ2v) is 2.44. The van der Waals surface area contributed by atoms with Crippen LogP contribution in [0.25, 0.3) is 6.08 Å². The van der Waals surface area contributed by atoms with Crippen LogP contribution in [-0.4, -0.2) is 11.1 Å². The number of carbonyl (C=O) groups is 1. The minimum atomic E-state index is -0.967. The quantitative estimate of drug-likeness (QED) is 0.545. The summed E-state index contributed by atoms with van der Waals surface area (Å²) in [6, 6.07) is 7.12. The van der Waals surface area contributed by atoms with Gasteiger partial charge in [-0.1, -0.05) is 18.1 Å². The summed E-state index contributed by atoms with van der Waals surface area (Å²) in [7, 11) is 0. The van der Waals surface area contributed by atoms with Crippen molar-refractivity contribution in [3.63, 3.8) is 0 Å². The van der Waals surface area contributed by atoms with Crippen molar-refractivity contribution >= 4 is 12.0 Å². The third kappa shape index (κ3) is 2.84. The Morgan fingerprint density at radius 3 is 2.92 bits per heavy atom. The number of hydrogen-bond donors (Lipinski definition) is 1. The predicted molar refractivity (Wildman–Crippen MR) is 51.0 cm³/mol. The SMILES string of the molecule is C#Cc1cccc(C=CC(=O)O)c1. The van der Waals surface area contributed by atoms with E-state index in [1.165, 1.54) is 6.08 Å². The van der Waals surface area contributed by atoms with Gasteiger partial charge in [0.05, 0.1) is 0 Å². The van der Waals surface area contributed by atoms with Crippen molar-refractivity contribution in [1.29, 1.82) is 0 Å². The van der Waals surface area contributed by atoms with Gasteiger partial charge in [-0.15, -0.1) is 6.42 Å². The first-order valence-electron chi connectivity index (χ1n) is 3.70. The molecule has 0 aromatic heterocycles. The van der Waals surface area contributed by atoms with E-state index >= 15 is 0 Å². The molecule has 0 fully saturated rings. The summed E-state index contributed by atoms with van der Waals surface area (Å²) in [6.07, 6.45) is 7.77. The molecule has 2 heteroatoms. The second kappa shape index (κ2) is 4.13. The molecule has 0 saturated heterocycles. The lowest BCUT2D eigenvalue weighted by Crippen LogP contribution is -1.85. The van der Waals surface area contributed by atoms with Crippen LogP contribution >= 0.6 is 0 Å². The first-order valence-corrected chi connectivity index (χ1v) is 3.70. The summed E-state index contributed by atoms with van der Waals surface area (Å²) in [4.78, 5) is 10.2. The Balaban J connectivity index is 2.91. The maximum atomic E-state index is 10.2. The van der Waals surface area contributed by atoms with E-state index in [4.69, 9.17) is 11.5 Å². The van der Waals surface area contributed by atoms with Crippen LogP contribution in [0, 0.1) is 12.3 Å². The van der Waals surface area contributed by atoms with Gasteiger partial charge in [-0.05, 0) is 23.8 Å². The standard InChI is InChI=1S/C11H8O2/c1-2-9-4-3-5-10(8-9)6-7-11(12)13/h1,3-8H,(H,12,13). The lowest BCUT2D eigenvalue weighted by Gasteiger charge is -1.93. The molecule has 1 rings (SSSR count). The van der Waals surface area contributed by atoms with Crippen molar-refractivity contribution in [3.8, 4) is 12.3 Å². The van der Waals surface area contributed by atoms with E-state index in [0.29, 0.717) is 0 Å². The van der Waals surface area contributed by atoms with E-state index in [9.17, 15) is 4.79 Å². The van der Waals surface area contributed by atoms with Crippen LogP contribution in [0.2, 0.25) is 0 Å². The van der Waals surface area contributed by atoms with Gasteiger partial charge in [0.25, 0.3) is 0 Å². The normalized spacial score (nSPS) is 9.77. The highest BCUT2D eigenvalue weighted by Crippen LogP contribution is 2.05. The Labute approximate surface area is 76.5 Å². The number of carboxylic acid groups (broad SMARTS) is 1. The highest BCUT2D eigenvalue weighted by molar-refractivity contribution is 5.85. The molecule has 0 bridgehead atoms. The fraction of sp³-hybridized carbons (Fsp3) is 0. The number of rotatable bonds is 2. The van der Waals surface area contributed by atoms with Crippen molar-refractivity contribution < 1.29 is 9.90 Å². The Bertz CT molecular complexity index is 383. The van der Waals surface area contributed by atoms with Crippen LogP contribution in [0.1, 0.15) is 11.1 Å². The van der Waals surface area contributed by atoms with E-state index < -0.39 is 5.97 Å². The number of carboxylic acids is 1. The zero-order valence-corrected chi connectivity index (χ0v) is 6.90. The van der Waals surface area contributed by atoms with E-state index in [1.807, 2.05) is 0 Å². The zero-order valence-electron chi connectivity index (χ0n) is 6.90. The molecule has 0 radical (unpaired) electrons. The molecule has 0 spiro atoms. The van der Waals surface area contributed by atoms with E-state index in [-0.39, 0.29) is 0 Å². The maximum Gasteiger partial charge on any atom is 0.328 e. The molecule has 0 saturated carbocycles. The van der Waals surface area contributed by atoms with Crippen LogP contribution < -0.4 is 0 Å². The lowest BCUT2D eigenvalue weighted by molar-refractivity contribution is -0.131. The molecule has 64 valence electrons. The van der Waals surface area contributed by atoms with Gasteiger partial charge in [0.2, 0.25) is 0 Å². The van der Waals surface area contributed by atoms with E-state index in [2.05, 4.69) is 5.92 Å². The fourth-order valence-corrected chi connectivity index (χ4v) is 0.900. The van der Waals surface area contributed by atoms with Gasteiger partial charge in [0.1, 0.15) is 0 Å². The molecule has 0 unspecified atom stereocenters. The first-order chi connectivity index (χ1) is 6.22. The average Bonchev–Trinajstić information content (AvgIpc) is 2.15. The fourth-order valence-electron chi connectivity index (χ4n) is 0.900. The summed E-state index contributed by atoms with van der Waals surface area (Å²) in [5.41, 5.74) is 1.53. The molecule has 0 aliphatic carbocycles. The molecule has 1 aromatic rings. The predicted octanol–water partition coefficient (Wildman–Crippen LogP) is 1.77. The minimum Gasteiger partial charge on any atom is -0.478 e. The minimum absolute atomic E-state index is 0.743. The highest BCUT2D eigenvalue weighted by Gasteiger charge is 1.90. The van der Waals surface area contributed by atoms with Crippen molar-refractivity contribution in [2.24, 2.45) is 0 Å². The molecule has 1 aromatic carbocycles. The third-order valence-corrected chi connectivity index (χ3v) is 1.47. The molecule has 13 heavy (non-hydrogen) atoms. The number of hydrogen-bond acceptors (Lipinski definition) is 1. The number of terminal acetylenes is 1. The van der Waals surface area contributed by atoms with Crippen LogP contribution in [0.3, 0.4) is 0 Å². The molecule has 2 nitrogen and oxygen atoms in total. The molecular formula is C11H8O2. The first kappa shape index (κ1) is 9.08. The van der Waals surface area contributed by atoms with Crippen LogP contribution in [0.5, 0.6) is 0 Å². The van der Waals surface area contributed by atoms with Crippen molar-refractivity contribution in [2.75, 3.05) is 0 Å². The van der Waals surface area contributed by atoms with Gasteiger partial charge < -0.3 is 5.11 Å². The summed E-state index contributed by atoms with van der Waals surface area (Å²) >= 11 is 0. The zero-order chi connectivity index (χ0) is 9.68.